The molecule has 0 bridgehead atoms. The zero-order valence-corrected chi connectivity index (χ0v) is 12.6. The molecular formula is C15H27N3O. The highest BCUT2D eigenvalue weighted by molar-refractivity contribution is 5.46. The molecule has 19 heavy (non-hydrogen) atoms. The Morgan fingerprint density at radius 1 is 1.42 bits per heavy atom. The first kappa shape index (κ1) is 15.9. The van der Waals surface area contributed by atoms with Gasteiger partial charge in [0.1, 0.15) is 5.82 Å². The lowest BCUT2D eigenvalue weighted by Gasteiger charge is -2.27. The molecule has 0 aliphatic heterocycles. The van der Waals surface area contributed by atoms with Gasteiger partial charge >= 0.3 is 0 Å². The summed E-state index contributed by atoms with van der Waals surface area (Å²) < 4.78 is 5.21. The molecule has 0 fully saturated rings. The third kappa shape index (κ3) is 5.57. The van der Waals surface area contributed by atoms with Gasteiger partial charge in [-0.05, 0) is 18.5 Å². The van der Waals surface area contributed by atoms with Crippen LogP contribution in [0.2, 0.25) is 0 Å². The second-order valence-corrected chi connectivity index (χ2v) is 5.10. The highest BCUT2D eigenvalue weighted by Gasteiger charge is 2.13. The maximum Gasteiger partial charge on any atom is 0.133 e. The van der Waals surface area contributed by atoms with Crippen LogP contribution in [0.5, 0.6) is 0 Å². The van der Waals surface area contributed by atoms with E-state index in [-0.39, 0.29) is 0 Å². The van der Waals surface area contributed by atoms with Gasteiger partial charge in [0.05, 0.1) is 6.61 Å². The van der Waals surface area contributed by atoms with Gasteiger partial charge in [-0.2, -0.15) is 0 Å². The van der Waals surface area contributed by atoms with Crippen molar-refractivity contribution in [1.29, 1.82) is 0 Å². The van der Waals surface area contributed by atoms with Crippen molar-refractivity contribution in [2.45, 2.75) is 27.3 Å². The molecule has 1 heterocycles. The number of hydrogen-bond donors (Lipinski definition) is 1. The second-order valence-electron chi connectivity index (χ2n) is 5.10. The van der Waals surface area contributed by atoms with Crippen molar-refractivity contribution < 1.29 is 4.74 Å². The molecule has 0 saturated heterocycles. The number of nitrogens with one attached hydrogen (secondary N) is 1. The summed E-state index contributed by atoms with van der Waals surface area (Å²) in [6.07, 6.45) is 1.87. The summed E-state index contributed by atoms with van der Waals surface area (Å²) in [7, 11) is 1.74. The van der Waals surface area contributed by atoms with Gasteiger partial charge in [0.25, 0.3) is 0 Å². The first-order valence-corrected chi connectivity index (χ1v) is 7.07. The Labute approximate surface area is 117 Å². The first-order chi connectivity index (χ1) is 9.19. The summed E-state index contributed by atoms with van der Waals surface area (Å²) in [5.74, 6) is 1.68. The highest BCUT2D eigenvalue weighted by Crippen LogP contribution is 2.18. The third-order valence-electron chi connectivity index (χ3n) is 2.88. The monoisotopic (exact) mass is 265 g/mol. The van der Waals surface area contributed by atoms with Crippen molar-refractivity contribution in [3.05, 3.63) is 23.9 Å². The number of hydrogen-bond acceptors (Lipinski definition) is 4. The zero-order chi connectivity index (χ0) is 14.1. The summed E-state index contributed by atoms with van der Waals surface area (Å²) in [4.78, 5) is 6.89. The van der Waals surface area contributed by atoms with E-state index in [1.165, 1.54) is 5.56 Å². The van der Waals surface area contributed by atoms with Crippen LogP contribution in [-0.4, -0.2) is 38.3 Å². The normalized spacial score (nSPS) is 11.0. The fourth-order valence-corrected chi connectivity index (χ4v) is 2.04. The lowest BCUT2D eigenvalue weighted by atomic mass is 10.1. The number of pyridine rings is 1. The van der Waals surface area contributed by atoms with Gasteiger partial charge in [-0.1, -0.05) is 26.8 Å². The van der Waals surface area contributed by atoms with Gasteiger partial charge in [0.2, 0.25) is 0 Å². The van der Waals surface area contributed by atoms with Crippen molar-refractivity contribution >= 4 is 5.82 Å². The van der Waals surface area contributed by atoms with Crippen molar-refractivity contribution in [3.63, 3.8) is 0 Å². The van der Waals surface area contributed by atoms with Crippen LogP contribution in [0.3, 0.4) is 0 Å². The minimum absolute atomic E-state index is 0.603. The molecule has 0 aliphatic rings. The van der Waals surface area contributed by atoms with Crippen molar-refractivity contribution in [2.75, 3.05) is 38.3 Å². The summed E-state index contributed by atoms with van der Waals surface area (Å²) in [6, 6.07) is 4.14. The van der Waals surface area contributed by atoms with Crippen LogP contribution >= 0.6 is 0 Å². The zero-order valence-electron chi connectivity index (χ0n) is 12.6. The Morgan fingerprint density at radius 3 is 2.84 bits per heavy atom. The van der Waals surface area contributed by atoms with E-state index in [1.807, 2.05) is 12.3 Å². The van der Waals surface area contributed by atoms with E-state index in [9.17, 15) is 0 Å². The maximum atomic E-state index is 5.21. The molecule has 1 N–H and O–H groups in total. The van der Waals surface area contributed by atoms with Gasteiger partial charge in [-0.15, -0.1) is 0 Å². The van der Waals surface area contributed by atoms with Crippen LogP contribution in [0.1, 0.15) is 26.3 Å². The van der Waals surface area contributed by atoms with E-state index in [0.717, 1.165) is 38.6 Å². The summed E-state index contributed by atoms with van der Waals surface area (Å²) in [5, 5.41) is 3.37. The van der Waals surface area contributed by atoms with E-state index < -0.39 is 0 Å². The molecule has 0 unspecified atom stereocenters. The standard InChI is InChI=1S/C15H27N3O/c1-5-16-11-14-7-6-8-17-15(14)18(9-10-19-4)12-13(2)3/h6-8,13,16H,5,9-12H2,1-4H3. The molecule has 0 radical (unpaired) electrons. The molecule has 1 aromatic rings. The molecule has 1 rings (SSSR count). The van der Waals surface area contributed by atoms with Gasteiger partial charge in [0, 0.05) is 38.5 Å². The van der Waals surface area contributed by atoms with Crippen LogP contribution in [0.15, 0.2) is 18.3 Å². The number of ether oxygens (including phenoxy) is 1. The largest absolute Gasteiger partial charge is 0.383 e. The minimum Gasteiger partial charge on any atom is -0.383 e. The molecular weight excluding hydrogens is 238 g/mol. The lowest BCUT2D eigenvalue weighted by molar-refractivity contribution is 0.204. The average molecular weight is 265 g/mol. The molecule has 0 aliphatic carbocycles. The summed E-state index contributed by atoms with van der Waals surface area (Å²) in [5.41, 5.74) is 1.25. The van der Waals surface area contributed by atoms with Crippen LogP contribution in [0, 0.1) is 5.92 Å². The topological polar surface area (TPSA) is 37.4 Å². The number of anilines is 1. The Kier molecular flexibility index (Phi) is 7.45. The Balaban J connectivity index is 2.86. The van der Waals surface area contributed by atoms with Crippen molar-refractivity contribution in [1.82, 2.24) is 10.3 Å². The number of rotatable bonds is 9. The number of nitrogens with zero attached hydrogens (tertiary/aromatic N) is 2. The number of aromatic nitrogens is 1. The summed E-state index contributed by atoms with van der Waals surface area (Å²) >= 11 is 0. The highest BCUT2D eigenvalue weighted by atomic mass is 16.5. The SMILES string of the molecule is CCNCc1cccnc1N(CCOC)CC(C)C. The lowest BCUT2D eigenvalue weighted by Crippen LogP contribution is -2.33. The fourth-order valence-electron chi connectivity index (χ4n) is 2.04. The predicted octanol–water partition coefficient (Wildman–Crippen LogP) is 2.30. The van der Waals surface area contributed by atoms with Gasteiger partial charge in [-0.25, -0.2) is 4.98 Å². The number of methoxy groups -OCH3 is 1. The van der Waals surface area contributed by atoms with E-state index in [1.54, 1.807) is 7.11 Å². The van der Waals surface area contributed by atoms with Gasteiger partial charge in [-0.3, -0.25) is 0 Å². The van der Waals surface area contributed by atoms with Gasteiger partial charge < -0.3 is 15.0 Å². The third-order valence-corrected chi connectivity index (χ3v) is 2.88. The molecule has 0 amide bonds. The van der Waals surface area contributed by atoms with Crippen LogP contribution in [-0.2, 0) is 11.3 Å². The average Bonchev–Trinajstić information content (AvgIpc) is 2.41. The molecule has 0 atom stereocenters. The summed E-state index contributed by atoms with van der Waals surface area (Å²) in [6.45, 7) is 11.0. The van der Waals surface area contributed by atoms with Crippen molar-refractivity contribution in [3.8, 4) is 0 Å². The van der Waals surface area contributed by atoms with E-state index in [4.69, 9.17) is 4.74 Å². The fraction of sp³-hybridized carbons (Fsp3) is 0.667. The molecule has 0 saturated carbocycles. The van der Waals surface area contributed by atoms with Crippen LogP contribution in [0.4, 0.5) is 5.82 Å². The quantitative estimate of drug-likeness (QED) is 0.743. The Morgan fingerprint density at radius 2 is 2.21 bits per heavy atom. The molecule has 1 aromatic heterocycles. The molecule has 0 spiro atoms. The Bertz CT molecular complexity index is 355. The first-order valence-electron chi connectivity index (χ1n) is 7.07. The second kappa shape index (κ2) is 8.88. The molecule has 4 nitrogen and oxygen atoms in total. The van der Waals surface area contributed by atoms with Crippen LogP contribution in [0.25, 0.3) is 0 Å². The molecule has 0 aromatic carbocycles. The Hall–Kier alpha value is -1.13. The maximum absolute atomic E-state index is 5.21. The van der Waals surface area contributed by atoms with E-state index in [0.29, 0.717) is 5.92 Å². The molecule has 4 heteroatoms. The van der Waals surface area contributed by atoms with Gasteiger partial charge in [0.15, 0.2) is 0 Å². The van der Waals surface area contributed by atoms with Crippen LogP contribution < -0.4 is 10.2 Å². The predicted molar refractivity (Wildman–Crippen MR) is 80.5 cm³/mol. The van der Waals surface area contributed by atoms with E-state index >= 15 is 0 Å². The van der Waals surface area contributed by atoms with Crippen molar-refractivity contribution in [2.24, 2.45) is 5.92 Å². The minimum atomic E-state index is 0.603. The van der Waals surface area contributed by atoms with E-state index in [2.05, 4.69) is 42.0 Å². The smallest absolute Gasteiger partial charge is 0.133 e. The molecule has 108 valence electrons.